The Balaban J connectivity index is 1.94. The summed E-state index contributed by atoms with van der Waals surface area (Å²) in [5, 5.41) is 6.22. The lowest BCUT2D eigenvalue weighted by Crippen LogP contribution is -2.45. The average molecular weight is 425 g/mol. The Morgan fingerprint density at radius 2 is 2.12 bits per heavy atom. The highest BCUT2D eigenvalue weighted by atomic mass is 79.9. The standard InChI is InChI=1S/C16H21BrF4N4/c1-2-22-15(23-8-11-5-12(17)7-13(18)6-11)24-14-3-4-25(9-14)10-16(19,20)21/h5-7,14H,2-4,8-10H2,1H3,(H2,22,23,24). The van der Waals surface area contributed by atoms with Crippen LogP contribution in [0.15, 0.2) is 27.7 Å². The SMILES string of the molecule is CCNC(=NCc1cc(F)cc(Br)c1)NC1CCN(CC(F)(F)F)C1. The fourth-order valence-electron chi connectivity index (χ4n) is 2.73. The molecule has 0 spiro atoms. The van der Waals surface area contributed by atoms with E-state index in [0.29, 0.717) is 42.1 Å². The Hall–Kier alpha value is -1.35. The predicted octanol–water partition coefficient (Wildman–Crippen LogP) is 3.28. The zero-order valence-electron chi connectivity index (χ0n) is 13.8. The van der Waals surface area contributed by atoms with Gasteiger partial charge in [-0.05, 0) is 37.1 Å². The number of halogens is 5. The van der Waals surface area contributed by atoms with E-state index >= 15 is 0 Å². The van der Waals surface area contributed by atoms with E-state index < -0.39 is 12.7 Å². The van der Waals surface area contributed by atoms with Crippen LogP contribution >= 0.6 is 15.9 Å². The second-order valence-corrected chi connectivity index (χ2v) is 6.87. The van der Waals surface area contributed by atoms with E-state index in [1.165, 1.54) is 17.0 Å². The molecule has 0 saturated carbocycles. The molecule has 1 unspecified atom stereocenters. The summed E-state index contributed by atoms with van der Waals surface area (Å²) in [5.41, 5.74) is 0.703. The predicted molar refractivity (Wildman–Crippen MR) is 93.0 cm³/mol. The van der Waals surface area contributed by atoms with Gasteiger partial charge >= 0.3 is 6.18 Å². The molecule has 1 aromatic rings. The van der Waals surface area contributed by atoms with Crippen LogP contribution in [-0.2, 0) is 6.54 Å². The van der Waals surface area contributed by atoms with E-state index in [1.54, 1.807) is 6.07 Å². The van der Waals surface area contributed by atoms with Crippen LogP contribution < -0.4 is 10.6 Å². The summed E-state index contributed by atoms with van der Waals surface area (Å²) < 4.78 is 51.4. The first-order chi connectivity index (χ1) is 11.7. The van der Waals surface area contributed by atoms with Gasteiger partial charge in [-0.1, -0.05) is 15.9 Å². The molecule has 1 fully saturated rings. The summed E-state index contributed by atoms with van der Waals surface area (Å²) in [6, 6.07) is 4.44. The van der Waals surface area contributed by atoms with E-state index in [2.05, 4.69) is 31.6 Å². The van der Waals surface area contributed by atoms with Crippen LogP contribution in [0.25, 0.3) is 0 Å². The molecule has 1 saturated heterocycles. The number of hydrogen-bond acceptors (Lipinski definition) is 2. The van der Waals surface area contributed by atoms with Crippen molar-refractivity contribution in [3.63, 3.8) is 0 Å². The molecule has 4 nitrogen and oxygen atoms in total. The molecule has 1 atom stereocenters. The molecule has 9 heteroatoms. The van der Waals surface area contributed by atoms with Gasteiger partial charge in [-0.15, -0.1) is 0 Å². The maximum absolute atomic E-state index is 13.4. The molecular formula is C16H21BrF4N4. The topological polar surface area (TPSA) is 39.7 Å². The van der Waals surface area contributed by atoms with E-state index in [-0.39, 0.29) is 18.4 Å². The van der Waals surface area contributed by atoms with Crippen molar-refractivity contribution < 1.29 is 17.6 Å². The Kier molecular flexibility index (Phi) is 7.06. The maximum atomic E-state index is 13.4. The molecule has 1 aliphatic heterocycles. The van der Waals surface area contributed by atoms with E-state index in [9.17, 15) is 17.6 Å². The quantitative estimate of drug-likeness (QED) is 0.432. The number of nitrogens with one attached hydrogen (secondary N) is 2. The van der Waals surface area contributed by atoms with Crippen molar-refractivity contribution in [3.8, 4) is 0 Å². The molecule has 140 valence electrons. The zero-order chi connectivity index (χ0) is 18.4. The van der Waals surface area contributed by atoms with E-state index in [0.717, 1.165) is 0 Å². The first-order valence-corrected chi connectivity index (χ1v) is 8.83. The van der Waals surface area contributed by atoms with Gasteiger partial charge < -0.3 is 10.6 Å². The number of aliphatic imine (C=N–C) groups is 1. The van der Waals surface area contributed by atoms with Crippen LogP contribution in [0.1, 0.15) is 18.9 Å². The minimum absolute atomic E-state index is 0.0978. The number of likely N-dealkylation sites (tertiary alicyclic amines) is 1. The Morgan fingerprint density at radius 3 is 2.76 bits per heavy atom. The lowest BCUT2D eigenvalue weighted by Gasteiger charge is -2.19. The molecular weight excluding hydrogens is 404 g/mol. The highest BCUT2D eigenvalue weighted by Crippen LogP contribution is 2.20. The minimum Gasteiger partial charge on any atom is -0.357 e. The van der Waals surface area contributed by atoms with E-state index in [1.807, 2.05) is 6.92 Å². The highest BCUT2D eigenvalue weighted by Gasteiger charge is 2.34. The third kappa shape index (κ3) is 7.19. The normalized spacial score (nSPS) is 19.3. The summed E-state index contributed by atoms with van der Waals surface area (Å²) in [5.74, 6) is 0.165. The second-order valence-electron chi connectivity index (χ2n) is 5.95. The highest BCUT2D eigenvalue weighted by molar-refractivity contribution is 9.10. The fraction of sp³-hybridized carbons (Fsp3) is 0.562. The smallest absolute Gasteiger partial charge is 0.357 e. The van der Waals surface area contributed by atoms with Crippen molar-refractivity contribution >= 4 is 21.9 Å². The second kappa shape index (κ2) is 8.84. The molecule has 25 heavy (non-hydrogen) atoms. The van der Waals surface area contributed by atoms with Crippen LogP contribution in [0.5, 0.6) is 0 Å². The summed E-state index contributed by atoms with van der Waals surface area (Å²) in [6.45, 7) is 2.61. The number of rotatable bonds is 5. The molecule has 0 radical (unpaired) electrons. The summed E-state index contributed by atoms with van der Waals surface area (Å²) in [7, 11) is 0. The molecule has 1 heterocycles. The summed E-state index contributed by atoms with van der Waals surface area (Å²) in [4.78, 5) is 5.78. The summed E-state index contributed by atoms with van der Waals surface area (Å²) >= 11 is 3.24. The Morgan fingerprint density at radius 1 is 1.36 bits per heavy atom. The molecule has 2 N–H and O–H groups in total. The zero-order valence-corrected chi connectivity index (χ0v) is 15.4. The van der Waals surface area contributed by atoms with E-state index in [4.69, 9.17) is 0 Å². The number of benzene rings is 1. The lowest BCUT2D eigenvalue weighted by molar-refractivity contribution is -0.143. The summed E-state index contributed by atoms with van der Waals surface area (Å²) in [6.07, 6.45) is -3.57. The molecule has 1 aliphatic rings. The lowest BCUT2D eigenvalue weighted by atomic mass is 10.2. The van der Waals surface area contributed by atoms with Gasteiger partial charge in [0, 0.05) is 30.1 Å². The molecule has 0 amide bonds. The van der Waals surface area contributed by atoms with Crippen molar-refractivity contribution in [3.05, 3.63) is 34.1 Å². The van der Waals surface area contributed by atoms with Gasteiger partial charge in [-0.2, -0.15) is 13.2 Å². The van der Waals surface area contributed by atoms with Gasteiger partial charge in [0.05, 0.1) is 13.1 Å². The van der Waals surface area contributed by atoms with Gasteiger partial charge in [0.25, 0.3) is 0 Å². The first-order valence-electron chi connectivity index (χ1n) is 8.04. The largest absolute Gasteiger partial charge is 0.401 e. The van der Waals surface area contributed by atoms with Crippen LogP contribution in [0.2, 0.25) is 0 Å². The van der Waals surface area contributed by atoms with Gasteiger partial charge in [0.1, 0.15) is 5.82 Å². The maximum Gasteiger partial charge on any atom is 0.401 e. The third-order valence-electron chi connectivity index (χ3n) is 3.70. The number of nitrogens with zero attached hydrogens (tertiary/aromatic N) is 2. The third-order valence-corrected chi connectivity index (χ3v) is 4.16. The Bertz CT molecular complexity index is 586. The number of hydrogen-bond donors (Lipinski definition) is 2. The molecule has 1 aromatic carbocycles. The van der Waals surface area contributed by atoms with Crippen molar-refractivity contribution in [2.45, 2.75) is 32.1 Å². The van der Waals surface area contributed by atoms with Gasteiger partial charge in [0.2, 0.25) is 0 Å². The van der Waals surface area contributed by atoms with Gasteiger partial charge in [0.15, 0.2) is 5.96 Å². The van der Waals surface area contributed by atoms with Crippen LogP contribution in [0.4, 0.5) is 17.6 Å². The number of guanidine groups is 1. The van der Waals surface area contributed by atoms with Crippen molar-refractivity contribution in [2.75, 3.05) is 26.2 Å². The van der Waals surface area contributed by atoms with Crippen molar-refractivity contribution in [2.24, 2.45) is 4.99 Å². The Labute approximate surface area is 152 Å². The average Bonchev–Trinajstić information content (AvgIpc) is 2.89. The van der Waals surface area contributed by atoms with Crippen molar-refractivity contribution in [1.29, 1.82) is 0 Å². The fourth-order valence-corrected chi connectivity index (χ4v) is 3.25. The van der Waals surface area contributed by atoms with Crippen molar-refractivity contribution in [1.82, 2.24) is 15.5 Å². The monoisotopic (exact) mass is 424 g/mol. The van der Waals surface area contributed by atoms with Crippen LogP contribution in [-0.4, -0.2) is 49.3 Å². The number of alkyl halides is 3. The minimum atomic E-state index is -4.18. The van der Waals surface area contributed by atoms with Crippen LogP contribution in [0.3, 0.4) is 0 Å². The molecule has 0 aliphatic carbocycles. The molecule has 2 rings (SSSR count). The molecule has 0 bridgehead atoms. The van der Waals surface area contributed by atoms with Gasteiger partial charge in [-0.3, -0.25) is 4.90 Å². The van der Waals surface area contributed by atoms with Crippen LogP contribution in [0, 0.1) is 5.82 Å². The first kappa shape index (κ1) is 20.0. The molecule has 0 aromatic heterocycles. The van der Waals surface area contributed by atoms with Gasteiger partial charge in [-0.25, -0.2) is 9.38 Å².